The highest BCUT2D eigenvalue weighted by Gasteiger charge is 2.25. The van der Waals surface area contributed by atoms with E-state index in [0.29, 0.717) is 18.0 Å². The molecule has 5 aromatic rings. The van der Waals surface area contributed by atoms with Gasteiger partial charge in [0.15, 0.2) is 0 Å². The third-order valence-corrected chi connectivity index (χ3v) is 7.08. The molecule has 3 aromatic heterocycles. The lowest BCUT2D eigenvalue weighted by atomic mass is 9.86. The molecule has 2 aromatic carbocycles. The van der Waals surface area contributed by atoms with E-state index in [1.165, 1.54) is 0 Å². The number of aromatic nitrogens is 5. The van der Waals surface area contributed by atoms with Crippen LogP contribution >= 0.6 is 0 Å². The second-order valence-corrected chi connectivity index (χ2v) is 10.9. The van der Waals surface area contributed by atoms with Crippen LogP contribution in [-0.2, 0) is 23.2 Å². The molecule has 0 spiro atoms. The fourth-order valence-electron chi connectivity index (χ4n) is 4.93. The number of pyridine rings is 1. The first-order chi connectivity index (χ1) is 18.8. The van der Waals surface area contributed by atoms with Gasteiger partial charge in [-0.2, -0.15) is 5.10 Å². The molecule has 1 aliphatic rings. The van der Waals surface area contributed by atoms with Crippen molar-refractivity contribution in [3.63, 3.8) is 0 Å². The van der Waals surface area contributed by atoms with Crippen molar-refractivity contribution < 1.29 is 17.6 Å². The average molecular weight is 545 g/mol. The van der Waals surface area contributed by atoms with E-state index in [2.05, 4.69) is 38.0 Å². The normalized spacial score (nSPS) is 14.3. The molecule has 12 heteroatoms. The van der Waals surface area contributed by atoms with Crippen molar-refractivity contribution in [2.45, 2.75) is 26.5 Å². The molecule has 6 rings (SSSR count). The molecule has 0 radical (unpaired) electrons. The van der Waals surface area contributed by atoms with Gasteiger partial charge in [0.05, 0.1) is 18.0 Å². The van der Waals surface area contributed by atoms with E-state index in [1.54, 1.807) is 23.1 Å². The van der Waals surface area contributed by atoms with Crippen molar-refractivity contribution in [3.05, 3.63) is 99.6 Å². The lowest BCUT2D eigenvalue weighted by Crippen LogP contribution is -2.09. The molecule has 1 aliphatic heterocycles. The third kappa shape index (κ3) is 4.81. The molecular weight excluding hydrogens is 520 g/mol. The van der Waals surface area contributed by atoms with Crippen LogP contribution in [0.15, 0.2) is 70.1 Å². The second-order valence-electron chi connectivity index (χ2n) is 9.18. The van der Waals surface area contributed by atoms with Crippen molar-refractivity contribution in [2.75, 3.05) is 11.0 Å². The standard InChI is InChI=1S/C27H24N6O5S/c1-3-20(16-6-4-7-19(10-16)32-39(2,35)36)25-21-8-5-9-28-26(21)37-15-18-12-23-17(11-22(18)25)13-29-33(23)14-24-30-31-27(34)38-24/h4-13,32H,3,14-15H2,1-2H3,(H,31,34)/b25-20+. The van der Waals surface area contributed by atoms with Crippen LogP contribution in [0.5, 0.6) is 5.88 Å². The number of hydrogen-bond donors (Lipinski definition) is 2. The van der Waals surface area contributed by atoms with Crippen LogP contribution in [0.3, 0.4) is 0 Å². The first kappa shape index (κ1) is 24.6. The Kier molecular flexibility index (Phi) is 6.03. The number of H-pyrrole nitrogens is 1. The Labute approximate surface area is 223 Å². The molecule has 0 saturated heterocycles. The quantitative estimate of drug-likeness (QED) is 0.328. The monoisotopic (exact) mass is 544 g/mol. The van der Waals surface area contributed by atoms with Crippen LogP contribution in [0, 0.1) is 0 Å². The fourth-order valence-corrected chi connectivity index (χ4v) is 5.48. The average Bonchev–Trinajstić information content (AvgIpc) is 3.45. The van der Waals surface area contributed by atoms with Gasteiger partial charge in [-0.15, -0.1) is 5.10 Å². The van der Waals surface area contributed by atoms with Crippen LogP contribution in [0.1, 0.15) is 41.5 Å². The summed E-state index contributed by atoms with van der Waals surface area (Å²) >= 11 is 0. The van der Waals surface area contributed by atoms with Gasteiger partial charge in [-0.1, -0.05) is 19.1 Å². The summed E-state index contributed by atoms with van der Waals surface area (Å²) < 4.78 is 39.3. The van der Waals surface area contributed by atoms with Gasteiger partial charge in [-0.25, -0.2) is 23.3 Å². The van der Waals surface area contributed by atoms with Gasteiger partial charge in [-0.3, -0.25) is 9.40 Å². The van der Waals surface area contributed by atoms with Gasteiger partial charge in [0.25, 0.3) is 0 Å². The van der Waals surface area contributed by atoms with Gasteiger partial charge in [0, 0.05) is 22.8 Å². The fraction of sp³-hybridized carbons (Fsp3) is 0.185. The maximum Gasteiger partial charge on any atom is 0.434 e. The molecule has 0 fully saturated rings. The van der Waals surface area contributed by atoms with Crippen LogP contribution < -0.4 is 15.2 Å². The maximum atomic E-state index is 11.9. The van der Waals surface area contributed by atoms with Crippen LogP contribution in [0.4, 0.5) is 5.69 Å². The largest absolute Gasteiger partial charge is 0.472 e. The Morgan fingerprint density at radius 2 is 2.03 bits per heavy atom. The summed E-state index contributed by atoms with van der Waals surface area (Å²) in [5.41, 5.74) is 6.91. The summed E-state index contributed by atoms with van der Waals surface area (Å²) in [6, 6.07) is 15.3. The molecule has 11 nitrogen and oxygen atoms in total. The molecule has 0 amide bonds. The number of ether oxygens (including phenoxy) is 1. The number of sulfonamides is 1. The Balaban J connectivity index is 1.56. The highest BCUT2D eigenvalue weighted by Crippen LogP contribution is 2.42. The molecule has 0 unspecified atom stereocenters. The van der Waals surface area contributed by atoms with Gasteiger partial charge in [0.2, 0.25) is 21.8 Å². The molecule has 198 valence electrons. The number of rotatable bonds is 6. The molecule has 4 heterocycles. The molecular formula is C27H24N6O5S. The Bertz CT molecular complexity index is 1920. The number of aromatic amines is 1. The Morgan fingerprint density at radius 3 is 2.79 bits per heavy atom. The lowest BCUT2D eigenvalue weighted by molar-refractivity contribution is 0.295. The van der Waals surface area contributed by atoms with Crippen molar-refractivity contribution in [1.82, 2.24) is 25.0 Å². The highest BCUT2D eigenvalue weighted by atomic mass is 32.2. The van der Waals surface area contributed by atoms with E-state index < -0.39 is 15.8 Å². The molecule has 0 saturated carbocycles. The summed E-state index contributed by atoms with van der Waals surface area (Å²) in [6.07, 6.45) is 5.25. The molecule has 0 bridgehead atoms. The topological polar surface area (TPSA) is 145 Å². The Morgan fingerprint density at radius 1 is 1.15 bits per heavy atom. The molecule has 2 N–H and O–H groups in total. The molecule has 0 aliphatic carbocycles. The second kappa shape index (κ2) is 9.55. The number of hydrogen-bond acceptors (Lipinski definition) is 8. The van der Waals surface area contributed by atoms with Crippen molar-refractivity contribution in [2.24, 2.45) is 0 Å². The summed E-state index contributed by atoms with van der Waals surface area (Å²) in [5.74, 6) is 0.125. The van der Waals surface area contributed by atoms with Gasteiger partial charge >= 0.3 is 5.76 Å². The van der Waals surface area contributed by atoms with Crippen LogP contribution in [0.2, 0.25) is 0 Å². The first-order valence-corrected chi connectivity index (χ1v) is 14.1. The van der Waals surface area contributed by atoms with E-state index in [0.717, 1.165) is 50.6 Å². The number of anilines is 1. The minimum absolute atomic E-state index is 0.187. The smallest absolute Gasteiger partial charge is 0.434 e. The van der Waals surface area contributed by atoms with Crippen molar-refractivity contribution in [1.29, 1.82) is 0 Å². The number of fused-ring (bicyclic) bond motifs is 3. The van der Waals surface area contributed by atoms with E-state index >= 15 is 0 Å². The van der Waals surface area contributed by atoms with Crippen LogP contribution in [0.25, 0.3) is 22.0 Å². The number of nitrogens with zero attached hydrogens (tertiary/aromatic N) is 4. The Hall–Kier alpha value is -4.71. The van der Waals surface area contributed by atoms with E-state index in [9.17, 15) is 13.2 Å². The number of allylic oxidation sites excluding steroid dienone is 1. The first-order valence-electron chi connectivity index (χ1n) is 12.2. The van der Waals surface area contributed by atoms with E-state index in [4.69, 9.17) is 9.15 Å². The molecule has 0 atom stereocenters. The summed E-state index contributed by atoms with van der Waals surface area (Å²) in [7, 11) is -3.43. The predicted octanol–water partition coefficient (Wildman–Crippen LogP) is 3.79. The zero-order valence-corrected chi connectivity index (χ0v) is 21.9. The van der Waals surface area contributed by atoms with Crippen molar-refractivity contribution in [3.8, 4) is 5.88 Å². The minimum atomic E-state index is -3.43. The third-order valence-electron chi connectivity index (χ3n) is 6.48. The lowest BCUT2D eigenvalue weighted by Gasteiger charge is -2.18. The number of benzene rings is 2. The van der Waals surface area contributed by atoms with E-state index in [1.807, 2.05) is 36.4 Å². The number of nitrogens with one attached hydrogen (secondary N) is 2. The zero-order valence-electron chi connectivity index (χ0n) is 21.1. The zero-order chi connectivity index (χ0) is 27.1. The predicted molar refractivity (Wildman–Crippen MR) is 146 cm³/mol. The van der Waals surface area contributed by atoms with Crippen molar-refractivity contribution >= 4 is 37.8 Å². The van der Waals surface area contributed by atoms with Crippen LogP contribution in [-0.4, -0.2) is 39.6 Å². The summed E-state index contributed by atoms with van der Waals surface area (Å²) in [4.78, 5) is 15.9. The SMILES string of the molecule is CC/C(=C1\c2cc3cnn(Cc4n[nH]c(=O)o4)c3cc2COc2ncccc21)c1cccc(NS(C)(=O)=O)c1. The molecule has 39 heavy (non-hydrogen) atoms. The highest BCUT2D eigenvalue weighted by molar-refractivity contribution is 7.92. The van der Waals surface area contributed by atoms with Gasteiger partial charge < -0.3 is 9.15 Å². The van der Waals surface area contributed by atoms with Gasteiger partial charge in [-0.05, 0) is 70.7 Å². The van der Waals surface area contributed by atoms with Gasteiger partial charge in [0.1, 0.15) is 13.2 Å². The van der Waals surface area contributed by atoms with E-state index in [-0.39, 0.29) is 19.0 Å². The summed E-state index contributed by atoms with van der Waals surface area (Å²) in [5, 5.41) is 11.5. The minimum Gasteiger partial charge on any atom is -0.472 e. The maximum absolute atomic E-state index is 11.9. The summed E-state index contributed by atoms with van der Waals surface area (Å²) in [6.45, 7) is 2.54.